The first-order valence-corrected chi connectivity index (χ1v) is 8.00. The van der Waals surface area contributed by atoms with Gasteiger partial charge in [0.1, 0.15) is 11.5 Å². The standard InChI is InChI=1S/C18H26N4O2/c1-7-15(22(6)10-11(2)19)8-17-21-16(14(5)24-17)9-18-20-12(3)13(4)23-18/h7,10H,8-9,19H2,1-6H3/b11-10-,15-7-. The topological polar surface area (TPSA) is 81.3 Å². The van der Waals surface area contributed by atoms with Crippen LogP contribution in [-0.2, 0) is 12.8 Å². The molecule has 2 heterocycles. The van der Waals surface area contributed by atoms with Gasteiger partial charge in [0.25, 0.3) is 0 Å². The van der Waals surface area contributed by atoms with Gasteiger partial charge in [0.2, 0.25) is 11.8 Å². The number of allylic oxidation sites excluding steroid dienone is 3. The molecule has 0 unspecified atom stereocenters. The van der Waals surface area contributed by atoms with Gasteiger partial charge in [0.05, 0.1) is 24.2 Å². The molecule has 24 heavy (non-hydrogen) atoms. The Morgan fingerprint density at radius 3 is 2.33 bits per heavy atom. The Morgan fingerprint density at radius 1 is 1.12 bits per heavy atom. The molecule has 0 saturated heterocycles. The van der Waals surface area contributed by atoms with Gasteiger partial charge >= 0.3 is 0 Å². The monoisotopic (exact) mass is 330 g/mol. The van der Waals surface area contributed by atoms with Crippen LogP contribution in [-0.4, -0.2) is 21.9 Å². The molecule has 0 amide bonds. The van der Waals surface area contributed by atoms with Crippen LogP contribution < -0.4 is 5.73 Å². The summed E-state index contributed by atoms with van der Waals surface area (Å²) in [4.78, 5) is 11.0. The molecule has 2 aromatic rings. The van der Waals surface area contributed by atoms with Crippen LogP contribution in [0.25, 0.3) is 0 Å². The molecular weight excluding hydrogens is 304 g/mol. The van der Waals surface area contributed by atoms with E-state index in [9.17, 15) is 0 Å². The van der Waals surface area contributed by atoms with Gasteiger partial charge in [0, 0.05) is 24.6 Å². The van der Waals surface area contributed by atoms with Gasteiger partial charge in [-0.25, -0.2) is 9.97 Å². The minimum absolute atomic E-state index is 0.535. The first kappa shape index (κ1) is 17.8. The van der Waals surface area contributed by atoms with E-state index >= 15 is 0 Å². The second-order valence-corrected chi connectivity index (χ2v) is 5.98. The fourth-order valence-electron chi connectivity index (χ4n) is 2.46. The molecule has 0 fully saturated rings. The third-order valence-corrected chi connectivity index (χ3v) is 3.84. The van der Waals surface area contributed by atoms with E-state index < -0.39 is 0 Å². The zero-order valence-electron chi connectivity index (χ0n) is 15.3. The van der Waals surface area contributed by atoms with E-state index in [1.54, 1.807) is 0 Å². The molecule has 0 aromatic carbocycles. The summed E-state index contributed by atoms with van der Waals surface area (Å²) in [7, 11) is 1.96. The smallest absolute Gasteiger partial charge is 0.200 e. The van der Waals surface area contributed by atoms with Crippen LogP contribution in [0.5, 0.6) is 0 Å². The Labute approximate surface area is 143 Å². The predicted octanol–water partition coefficient (Wildman–Crippen LogP) is 3.38. The Morgan fingerprint density at radius 2 is 1.79 bits per heavy atom. The van der Waals surface area contributed by atoms with Crippen LogP contribution in [0.1, 0.15) is 48.5 Å². The number of nitrogens with zero attached hydrogens (tertiary/aromatic N) is 3. The van der Waals surface area contributed by atoms with Crippen molar-refractivity contribution in [2.24, 2.45) is 5.73 Å². The average Bonchev–Trinajstić information content (AvgIpc) is 2.98. The van der Waals surface area contributed by atoms with Gasteiger partial charge in [-0.3, -0.25) is 0 Å². The zero-order chi connectivity index (χ0) is 17.9. The average molecular weight is 330 g/mol. The number of oxazole rings is 2. The van der Waals surface area contributed by atoms with Gasteiger partial charge in [-0.05, 0) is 34.6 Å². The summed E-state index contributed by atoms with van der Waals surface area (Å²) < 4.78 is 11.4. The molecule has 2 N–H and O–H groups in total. The lowest BCUT2D eigenvalue weighted by Gasteiger charge is -2.17. The van der Waals surface area contributed by atoms with Crippen molar-refractivity contribution in [3.63, 3.8) is 0 Å². The fourth-order valence-corrected chi connectivity index (χ4v) is 2.46. The molecule has 0 bridgehead atoms. The quantitative estimate of drug-likeness (QED) is 0.874. The molecule has 130 valence electrons. The van der Waals surface area contributed by atoms with Gasteiger partial charge in [-0.2, -0.15) is 0 Å². The summed E-state index contributed by atoms with van der Waals surface area (Å²) in [6.07, 6.45) is 5.04. The third kappa shape index (κ3) is 4.28. The summed E-state index contributed by atoms with van der Waals surface area (Å²) in [5, 5.41) is 0. The van der Waals surface area contributed by atoms with Gasteiger partial charge in [0.15, 0.2) is 0 Å². The summed E-state index contributed by atoms with van der Waals surface area (Å²) in [6, 6.07) is 0. The van der Waals surface area contributed by atoms with Gasteiger partial charge in [-0.15, -0.1) is 0 Å². The number of nitrogens with two attached hydrogens (primary N) is 1. The first-order valence-electron chi connectivity index (χ1n) is 8.00. The predicted molar refractivity (Wildman–Crippen MR) is 93.2 cm³/mol. The van der Waals surface area contributed by atoms with Crippen molar-refractivity contribution in [3.8, 4) is 0 Å². The van der Waals surface area contributed by atoms with Crippen molar-refractivity contribution in [2.45, 2.75) is 47.5 Å². The van der Waals surface area contributed by atoms with Crippen LogP contribution in [0.2, 0.25) is 0 Å². The summed E-state index contributed by atoms with van der Waals surface area (Å²) in [6.45, 7) is 9.61. The van der Waals surface area contributed by atoms with E-state index in [1.165, 1.54) is 0 Å². The van der Waals surface area contributed by atoms with Crippen molar-refractivity contribution in [1.82, 2.24) is 14.9 Å². The molecule has 0 radical (unpaired) electrons. The van der Waals surface area contributed by atoms with Crippen molar-refractivity contribution in [1.29, 1.82) is 0 Å². The van der Waals surface area contributed by atoms with Crippen LogP contribution in [0.15, 0.2) is 32.5 Å². The van der Waals surface area contributed by atoms with E-state index in [-0.39, 0.29) is 0 Å². The molecule has 0 aliphatic rings. The molecule has 0 aliphatic carbocycles. The van der Waals surface area contributed by atoms with E-state index in [0.29, 0.717) is 24.6 Å². The van der Waals surface area contributed by atoms with Crippen molar-refractivity contribution < 1.29 is 8.83 Å². The van der Waals surface area contributed by atoms with Crippen LogP contribution >= 0.6 is 0 Å². The van der Waals surface area contributed by atoms with E-state index in [2.05, 4.69) is 9.97 Å². The second kappa shape index (κ2) is 7.38. The largest absolute Gasteiger partial charge is 0.445 e. The summed E-state index contributed by atoms with van der Waals surface area (Å²) >= 11 is 0. The third-order valence-electron chi connectivity index (χ3n) is 3.84. The normalized spacial score (nSPS) is 12.8. The molecule has 0 aliphatic heterocycles. The molecule has 2 aromatic heterocycles. The van der Waals surface area contributed by atoms with E-state index in [0.717, 1.165) is 34.3 Å². The highest BCUT2D eigenvalue weighted by atomic mass is 16.4. The molecule has 2 rings (SSSR count). The first-order chi connectivity index (χ1) is 11.3. The number of likely N-dealkylation sites (N-methyl/N-ethyl adjacent to an activating group) is 1. The number of hydrogen-bond donors (Lipinski definition) is 1. The number of aryl methyl sites for hydroxylation is 3. The maximum atomic E-state index is 5.81. The highest BCUT2D eigenvalue weighted by Crippen LogP contribution is 2.19. The molecule has 6 nitrogen and oxygen atoms in total. The lowest BCUT2D eigenvalue weighted by atomic mass is 10.2. The van der Waals surface area contributed by atoms with Crippen LogP contribution in [0, 0.1) is 20.8 Å². The Balaban J connectivity index is 2.14. The van der Waals surface area contributed by atoms with E-state index in [4.69, 9.17) is 14.6 Å². The Bertz CT molecular complexity index is 745. The molecule has 0 atom stereocenters. The van der Waals surface area contributed by atoms with Crippen molar-refractivity contribution in [3.05, 3.63) is 58.4 Å². The van der Waals surface area contributed by atoms with Gasteiger partial charge in [-0.1, -0.05) is 6.08 Å². The number of hydrogen-bond acceptors (Lipinski definition) is 6. The minimum Gasteiger partial charge on any atom is -0.445 e. The molecule has 0 saturated carbocycles. The second-order valence-electron chi connectivity index (χ2n) is 5.98. The van der Waals surface area contributed by atoms with Gasteiger partial charge < -0.3 is 19.5 Å². The summed E-state index contributed by atoms with van der Waals surface area (Å²) in [5.74, 6) is 2.97. The van der Waals surface area contributed by atoms with Crippen molar-refractivity contribution in [2.75, 3.05) is 7.05 Å². The zero-order valence-corrected chi connectivity index (χ0v) is 15.3. The lowest BCUT2D eigenvalue weighted by Crippen LogP contribution is -2.14. The highest BCUT2D eigenvalue weighted by molar-refractivity contribution is 5.18. The molecule has 0 spiro atoms. The maximum absolute atomic E-state index is 5.81. The SMILES string of the molecule is C/C=C(/Cc1nc(Cc2nc(C)c(C)o2)c(C)o1)N(C)/C=C(/C)N. The van der Waals surface area contributed by atoms with E-state index in [1.807, 2.05) is 58.8 Å². The molecule has 6 heteroatoms. The number of aromatic nitrogens is 2. The minimum atomic E-state index is 0.535. The molecular formula is C18H26N4O2. The lowest BCUT2D eigenvalue weighted by molar-refractivity contribution is 0.452. The fraction of sp³-hybridized carbons (Fsp3) is 0.444. The van der Waals surface area contributed by atoms with Crippen molar-refractivity contribution >= 4 is 0 Å². The maximum Gasteiger partial charge on any atom is 0.200 e. The van der Waals surface area contributed by atoms with Crippen LogP contribution in [0.3, 0.4) is 0 Å². The van der Waals surface area contributed by atoms with Crippen LogP contribution in [0.4, 0.5) is 0 Å². The Kier molecular flexibility index (Phi) is 5.49. The summed E-state index contributed by atoms with van der Waals surface area (Å²) in [5.41, 5.74) is 9.32. The number of rotatable bonds is 6. The highest BCUT2D eigenvalue weighted by Gasteiger charge is 2.15. The Hall–Kier alpha value is -2.50.